The number of allylic oxidation sites excluding steroid dienone is 4. The van der Waals surface area contributed by atoms with Gasteiger partial charge in [0.25, 0.3) is 0 Å². The number of carboxylic acid groups (broad SMARTS) is 1. The SMILES string of the molecule is CCC(C)O/C(C)=C(/C)Oc1cc2c(c(C)c1C)O[C@](C)(CCC[C@@H](C)CCC[C@@H](C)CCCC(C)C)CC2.CCC(C)O/C(C)=C(/C)Oc1ccccc1C(=O)O.CCC(C)O/C=C\Oc1ccc(C=O)cc1OC.CCC(C)O/C=C\Oc1ccc(OC)cc1. The molecule has 514 valence electrons. The van der Waals surface area contributed by atoms with Crippen molar-refractivity contribution < 1.29 is 66.8 Å². The second-order valence-corrected chi connectivity index (χ2v) is 25.1. The molecule has 0 fully saturated rings. The number of hydrogen-bond donors (Lipinski definition) is 1. The van der Waals surface area contributed by atoms with Crippen molar-refractivity contribution in [2.24, 2.45) is 17.8 Å². The molecular formula is C78H118O14. The van der Waals surface area contributed by atoms with Gasteiger partial charge in [0.15, 0.2) is 11.5 Å². The van der Waals surface area contributed by atoms with E-state index in [2.05, 4.69) is 75.3 Å². The first-order chi connectivity index (χ1) is 43.8. The number of carbonyl (C=O) groups is 2. The zero-order valence-corrected chi connectivity index (χ0v) is 60.2. The van der Waals surface area contributed by atoms with Crippen molar-refractivity contribution in [2.45, 2.75) is 258 Å². The van der Waals surface area contributed by atoms with Crippen LogP contribution in [0.4, 0.5) is 0 Å². The van der Waals surface area contributed by atoms with E-state index in [0.29, 0.717) is 34.3 Å². The smallest absolute Gasteiger partial charge is 0.339 e. The molecule has 0 saturated heterocycles. The Hall–Kier alpha value is -7.22. The molecule has 1 aliphatic heterocycles. The van der Waals surface area contributed by atoms with Gasteiger partial charge in [0, 0.05) is 5.56 Å². The van der Waals surface area contributed by atoms with Gasteiger partial charge in [-0.15, -0.1) is 0 Å². The number of carboxylic acids is 1. The highest BCUT2D eigenvalue weighted by atomic mass is 16.5. The zero-order chi connectivity index (χ0) is 68.8. The first-order valence-electron chi connectivity index (χ1n) is 33.7. The van der Waals surface area contributed by atoms with Gasteiger partial charge in [0.1, 0.15) is 94.3 Å². The Morgan fingerprint density at radius 2 is 1.08 bits per heavy atom. The van der Waals surface area contributed by atoms with E-state index in [9.17, 15) is 9.59 Å². The van der Waals surface area contributed by atoms with Crippen LogP contribution in [-0.4, -0.2) is 61.6 Å². The lowest BCUT2D eigenvalue weighted by molar-refractivity contribution is 0.0513. The van der Waals surface area contributed by atoms with Gasteiger partial charge in [-0.3, -0.25) is 4.79 Å². The van der Waals surface area contributed by atoms with Gasteiger partial charge in [-0.2, -0.15) is 0 Å². The molecule has 0 radical (unpaired) electrons. The first-order valence-corrected chi connectivity index (χ1v) is 33.7. The number of aryl methyl sites for hydroxylation is 1. The van der Waals surface area contributed by atoms with Crippen molar-refractivity contribution in [3.63, 3.8) is 0 Å². The minimum Gasteiger partial charge on any atom is -0.497 e. The number of ether oxygens (including phenoxy) is 11. The molecule has 4 unspecified atom stereocenters. The highest BCUT2D eigenvalue weighted by Gasteiger charge is 2.33. The van der Waals surface area contributed by atoms with E-state index in [1.165, 1.54) is 94.5 Å². The summed E-state index contributed by atoms with van der Waals surface area (Å²) in [7, 11) is 3.16. The Kier molecular flexibility index (Phi) is 39.0. The van der Waals surface area contributed by atoms with Crippen molar-refractivity contribution in [1.29, 1.82) is 0 Å². The Morgan fingerprint density at radius 1 is 0.565 bits per heavy atom. The highest BCUT2D eigenvalue weighted by Crippen LogP contribution is 2.43. The number of para-hydroxylation sites is 1. The third-order valence-electron chi connectivity index (χ3n) is 16.6. The van der Waals surface area contributed by atoms with Gasteiger partial charge in [-0.25, -0.2) is 4.79 Å². The van der Waals surface area contributed by atoms with Crippen molar-refractivity contribution >= 4 is 12.3 Å². The van der Waals surface area contributed by atoms with Crippen LogP contribution in [0.15, 0.2) is 121 Å². The molecule has 5 rings (SSSR count). The predicted molar refractivity (Wildman–Crippen MR) is 374 cm³/mol. The van der Waals surface area contributed by atoms with Crippen molar-refractivity contribution in [3.05, 3.63) is 149 Å². The lowest BCUT2D eigenvalue weighted by Crippen LogP contribution is -2.36. The maximum absolute atomic E-state index is 11.1. The van der Waals surface area contributed by atoms with Gasteiger partial charge in [0.2, 0.25) is 0 Å². The summed E-state index contributed by atoms with van der Waals surface area (Å²) in [6.07, 6.45) is 25.4. The average Bonchev–Trinajstić information content (AvgIpc) is 0.782. The number of fused-ring (bicyclic) bond motifs is 1. The molecule has 7 atom stereocenters. The van der Waals surface area contributed by atoms with E-state index in [1.807, 2.05) is 79.7 Å². The Bertz CT molecular complexity index is 2870. The minimum absolute atomic E-state index is 0.0756. The average molecular weight is 1280 g/mol. The van der Waals surface area contributed by atoms with Gasteiger partial charge in [-0.05, 0) is 223 Å². The third kappa shape index (κ3) is 31.4. The molecule has 1 N–H and O–H groups in total. The van der Waals surface area contributed by atoms with Gasteiger partial charge >= 0.3 is 5.97 Å². The summed E-state index contributed by atoms with van der Waals surface area (Å²) in [4.78, 5) is 21.7. The highest BCUT2D eigenvalue weighted by molar-refractivity contribution is 5.90. The molecule has 1 heterocycles. The molecule has 0 spiro atoms. The van der Waals surface area contributed by atoms with E-state index in [-0.39, 0.29) is 35.6 Å². The number of carbonyl (C=O) groups excluding carboxylic acids is 1. The monoisotopic (exact) mass is 1280 g/mol. The van der Waals surface area contributed by atoms with Crippen LogP contribution in [-0.2, 0) is 25.4 Å². The Morgan fingerprint density at radius 3 is 1.59 bits per heavy atom. The molecule has 14 nitrogen and oxygen atoms in total. The maximum Gasteiger partial charge on any atom is 0.339 e. The standard InChI is InChI=1S/C36H62O3.C15H20O4.C14H18O4.C13H18O3/c1-12-28(6)37-31(9)32(10)38-34-24-33-21-23-36(11,39-35(33)30(8)29(34)7)22-15-20-27(5)19-14-18-26(4)17-13-16-25(2)3;1-5-10(2)18-11(3)12(4)19-14-9-7-6-8-13(14)15(16)17;1-4-11(2)17-7-8-18-13-6-5-12(10-15)9-14(13)16-3;1-4-11(2)15-9-10-16-13-7-5-12(14-3)6-8-13/h24-28H,12-23H2,1-11H3;6-10H,5H2,1-4H3,(H,16,17);5-11H,4H2,1-3H3;5-11H,4H2,1-3H3/b32-31-;12-11-;8-7-;10-9-/t26-,27-,28?,36+;;;/m0.../s1. The summed E-state index contributed by atoms with van der Waals surface area (Å²) in [5, 5.41) is 9.07. The largest absolute Gasteiger partial charge is 0.497 e. The van der Waals surface area contributed by atoms with Gasteiger partial charge < -0.3 is 57.2 Å². The summed E-state index contributed by atoms with van der Waals surface area (Å²) >= 11 is 0. The van der Waals surface area contributed by atoms with Crippen LogP contribution in [0.25, 0.3) is 0 Å². The number of methoxy groups -OCH3 is 2. The number of aromatic carboxylic acids is 1. The molecule has 0 saturated carbocycles. The van der Waals surface area contributed by atoms with E-state index >= 15 is 0 Å². The molecule has 14 heteroatoms. The van der Waals surface area contributed by atoms with Crippen LogP contribution in [0.1, 0.15) is 245 Å². The van der Waals surface area contributed by atoms with Gasteiger partial charge in [0.05, 0.1) is 38.6 Å². The van der Waals surface area contributed by atoms with E-state index in [1.54, 1.807) is 56.7 Å². The van der Waals surface area contributed by atoms with E-state index in [0.717, 1.165) is 109 Å². The summed E-state index contributed by atoms with van der Waals surface area (Å²) < 4.78 is 61.8. The summed E-state index contributed by atoms with van der Waals surface area (Å²) in [6, 6.07) is 21.1. The zero-order valence-electron chi connectivity index (χ0n) is 60.2. The molecule has 1 aliphatic rings. The van der Waals surface area contributed by atoms with Crippen LogP contribution in [0.3, 0.4) is 0 Å². The first kappa shape index (κ1) is 80.9. The number of rotatable bonds is 36. The van der Waals surface area contributed by atoms with Crippen molar-refractivity contribution in [3.8, 4) is 40.2 Å². The van der Waals surface area contributed by atoms with E-state index < -0.39 is 5.97 Å². The third-order valence-corrected chi connectivity index (χ3v) is 16.6. The second kappa shape index (κ2) is 44.3. The molecule has 0 aromatic heterocycles. The fourth-order valence-corrected chi connectivity index (χ4v) is 9.42. The molecular weight excluding hydrogens is 1160 g/mol. The summed E-state index contributed by atoms with van der Waals surface area (Å²) in [6.45, 7) is 40.1. The fraction of sp³-hybridized carbons (Fsp3) is 0.564. The second-order valence-electron chi connectivity index (χ2n) is 25.1. The van der Waals surface area contributed by atoms with Crippen molar-refractivity contribution in [2.75, 3.05) is 14.2 Å². The minimum atomic E-state index is -1.01. The lowest BCUT2D eigenvalue weighted by Gasteiger charge is -2.37. The molecule has 0 bridgehead atoms. The Labute approximate surface area is 555 Å². The normalized spacial score (nSPS) is 15.8. The van der Waals surface area contributed by atoms with Crippen LogP contribution in [0, 0.1) is 31.6 Å². The quantitative estimate of drug-likeness (QED) is 0.0339. The molecule has 4 aromatic carbocycles. The molecule has 92 heavy (non-hydrogen) atoms. The summed E-state index contributed by atoms with van der Waals surface area (Å²) in [5.41, 5.74) is 4.23. The molecule has 4 aromatic rings. The molecule has 0 amide bonds. The van der Waals surface area contributed by atoms with Crippen LogP contribution in [0.2, 0.25) is 0 Å². The summed E-state index contributed by atoms with van der Waals surface area (Å²) in [5.74, 6) is 9.36. The molecule has 0 aliphatic carbocycles. The van der Waals surface area contributed by atoms with E-state index in [4.69, 9.17) is 57.2 Å². The maximum atomic E-state index is 11.1. The lowest BCUT2D eigenvalue weighted by atomic mass is 9.85. The van der Waals surface area contributed by atoms with Crippen LogP contribution < -0.4 is 33.2 Å². The topological polar surface area (TPSA) is 156 Å². The fourth-order valence-electron chi connectivity index (χ4n) is 9.42. The number of hydrogen-bond acceptors (Lipinski definition) is 13. The number of benzene rings is 4. The van der Waals surface area contributed by atoms with Crippen molar-refractivity contribution in [1.82, 2.24) is 0 Å². The Balaban J connectivity index is 0.000000455. The predicted octanol–water partition coefficient (Wildman–Crippen LogP) is 21.6. The van der Waals surface area contributed by atoms with Gasteiger partial charge in [-0.1, -0.05) is 112 Å². The van der Waals surface area contributed by atoms with Crippen LogP contribution >= 0.6 is 0 Å². The number of aldehydes is 1. The van der Waals surface area contributed by atoms with Crippen LogP contribution in [0.5, 0.6) is 40.2 Å².